The minimum atomic E-state index is -1.33. The highest BCUT2D eigenvalue weighted by atomic mass is 35.5. The fourth-order valence-electron chi connectivity index (χ4n) is 4.92. The number of fused-ring (bicyclic) bond motifs is 1. The van der Waals surface area contributed by atoms with Crippen molar-refractivity contribution in [1.29, 1.82) is 0 Å². The molecule has 2 fully saturated rings. The van der Waals surface area contributed by atoms with Gasteiger partial charge < -0.3 is 19.1 Å². The molecule has 11 heteroatoms. The molecule has 2 saturated heterocycles. The number of likely N-dealkylation sites (tertiary alicyclic amines) is 1. The van der Waals surface area contributed by atoms with Crippen LogP contribution < -0.4 is 9.62 Å². The van der Waals surface area contributed by atoms with Crippen LogP contribution >= 0.6 is 11.6 Å². The maximum absolute atomic E-state index is 13.8. The predicted octanol–water partition coefficient (Wildman–Crippen LogP) is 3.66. The van der Waals surface area contributed by atoms with Crippen LogP contribution in [0.4, 0.5) is 11.5 Å². The highest BCUT2D eigenvalue weighted by Crippen LogP contribution is 2.34. The predicted molar refractivity (Wildman–Crippen MR) is 145 cm³/mol. The number of morpholine rings is 1. The van der Waals surface area contributed by atoms with Crippen molar-refractivity contribution < 1.29 is 14.1 Å². The number of nitrogens with one attached hydrogen (secondary N) is 1. The van der Waals surface area contributed by atoms with Gasteiger partial charge in [0.1, 0.15) is 17.8 Å². The summed E-state index contributed by atoms with van der Waals surface area (Å²) in [4.78, 5) is 22.7. The van der Waals surface area contributed by atoms with E-state index in [4.69, 9.17) is 26.4 Å². The Labute approximate surface area is 224 Å². The molecule has 0 radical (unpaired) electrons. The van der Waals surface area contributed by atoms with Crippen molar-refractivity contribution in [3.8, 4) is 11.8 Å². The summed E-state index contributed by atoms with van der Waals surface area (Å²) in [5.74, 6) is 6.75. The number of benzene rings is 1. The molecule has 0 saturated carbocycles. The molecule has 37 heavy (non-hydrogen) atoms. The highest BCUT2D eigenvalue weighted by Gasteiger charge is 2.33. The SMILES string of the molecule is CC#Cc1cc(N2CCOCC2)n2nc([C@@H]3CCCCN3C(=O)c3cc(Cl)ccc3N[S+](C)[O-])cc2n1. The standard InChI is InChI=1S/C26H29ClN6O3S/c1-3-6-19-16-25(31-11-13-36-14-12-31)33-24(28-19)17-22(29-33)23-7-4-5-10-32(23)26(34)20-15-18(27)8-9-21(20)30-37(2)35/h8-9,15-17,23,30H,4-5,7,10-14H2,1-2H3/t23-,37?/m0/s1. The fourth-order valence-corrected chi connectivity index (χ4v) is 5.58. The first-order valence-electron chi connectivity index (χ1n) is 12.3. The van der Waals surface area contributed by atoms with E-state index >= 15 is 0 Å². The molecule has 5 rings (SSSR count). The van der Waals surface area contributed by atoms with E-state index in [9.17, 15) is 9.35 Å². The number of hydrogen-bond donors (Lipinski definition) is 1. The minimum absolute atomic E-state index is 0.170. The van der Waals surface area contributed by atoms with E-state index in [2.05, 4.69) is 21.5 Å². The van der Waals surface area contributed by atoms with Gasteiger partial charge in [0.2, 0.25) is 0 Å². The Morgan fingerprint density at radius 3 is 2.78 bits per heavy atom. The number of anilines is 2. The Morgan fingerprint density at radius 2 is 2.03 bits per heavy atom. The molecular formula is C26H29ClN6O3S. The summed E-state index contributed by atoms with van der Waals surface area (Å²) < 4.78 is 22.1. The molecule has 0 spiro atoms. The van der Waals surface area contributed by atoms with Crippen molar-refractivity contribution in [2.45, 2.75) is 32.2 Å². The summed E-state index contributed by atoms with van der Waals surface area (Å²) >= 11 is 4.92. The first-order chi connectivity index (χ1) is 17.9. The molecule has 3 aromatic rings. The zero-order valence-electron chi connectivity index (χ0n) is 20.9. The lowest BCUT2D eigenvalue weighted by molar-refractivity contribution is 0.0607. The third kappa shape index (κ3) is 5.50. The van der Waals surface area contributed by atoms with Gasteiger partial charge in [-0.05, 0) is 50.3 Å². The third-order valence-electron chi connectivity index (χ3n) is 6.59. The minimum Gasteiger partial charge on any atom is -0.593 e. The second-order valence-electron chi connectivity index (χ2n) is 9.07. The Balaban J connectivity index is 1.54. The molecule has 1 N–H and O–H groups in total. The lowest BCUT2D eigenvalue weighted by atomic mass is 9.98. The van der Waals surface area contributed by atoms with E-state index in [1.54, 1.807) is 25.1 Å². The van der Waals surface area contributed by atoms with Gasteiger partial charge in [-0.25, -0.2) is 9.71 Å². The van der Waals surface area contributed by atoms with Gasteiger partial charge >= 0.3 is 0 Å². The molecule has 2 aliphatic heterocycles. The number of rotatable bonds is 5. The fraction of sp³-hybridized carbons (Fsp3) is 0.423. The number of hydrogen-bond acceptors (Lipinski definition) is 7. The first-order valence-corrected chi connectivity index (χ1v) is 14.2. The normalized spacial score (nSPS) is 18.9. The highest BCUT2D eigenvalue weighted by molar-refractivity contribution is 7.92. The number of aromatic nitrogens is 3. The van der Waals surface area contributed by atoms with Crippen LogP contribution in [-0.2, 0) is 16.1 Å². The number of ether oxygens (including phenoxy) is 1. The molecule has 1 aromatic carbocycles. The summed E-state index contributed by atoms with van der Waals surface area (Å²) in [6.07, 6.45) is 4.19. The van der Waals surface area contributed by atoms with Crippen molar-refractivity contribution in [2.24, 2.45) is 0 Å². The number of amides is 1. The number of carbonyl (C=O) groups is 1. The van der Waals surface area contributed by atoms with Gasteiger partial charge in [-0.2, -0.15) is 9.61 Å². The van der Waals surface area contributed by atoms with Gasteiger partial charge in [0, 0.05) is 36.8 Å². The molecule has 0 bridgehead atoms. The van der Waals surface area contributed by atoms with E-state index in [1.165, 1.54) is 6.26 Å². The van der Waals surface area contributed by atoms with Crippen LogP contribution in [0.25, 0.3) is 5.65 Å². The van der Waals surface area contributed by atoms with E-state index in [0.717, 1.165) is 43.9 Å². The largest absolute Gasteiger partial charge is 0.593 e. The average Bonchev–Trinajstić information content (AvgIpc) is 3.33. The molecule has 9 nitrogen and oxygen atoms in total. The smallest absolute Gasteiger partial charge is 0.256 e. The van der Waals surface area contributed by atoms with Crippen molar-refractivity contribution >= 4 is 46.0 Å². The zero-order valence-corrected chi connectivity index (χ0v) is 22.4. The summed E-state index contributed by atoms with van der Waals surface area (Å²) in [6, 6.07) is 8.69. The molecular weight excluding hydrogens is 512 g/mol. The summed E-state index contributed by atoms with van der Waals surface area (Å²) in [6.45, 7) is 5.19. The lowest BCUT2D eigenvalue weighted by Crippen LogP contribution is -2.39. The summed E-state index contributed by atoms with van der Waals surface area (Å²) in [7, 11) is 0. The first kappa shape index (κ1) is 25.7. The number of halogens is 1. The van der Waals surface area contributed by atoms with Crippen molar-refractivity contribution in [3.63, 3.8) is 0 Å². The van der Waals surface area contributed by atoms with Crippen LogP contribution in [0.5, 0.6) is 0 Å². The maximum Gasteiger partial charge on any atom is 0.256 e. The van der Waals surface area contributed by atoms with Crippen LogP contribution in [0.2, 0.25) is 5.02 Å². The van der Waals surface area contributed by atoms with Gasteiger partial charge in [0.05, 0.1) is 47.6 Å². The van der Waals surface area contributed by atoms with E-state index < -0.39 is 11.4 Å². The Hall–Kier alpha value is -2.97. The molecule has 2 atom stereocenters. The molecule has 194 valence electrons. The van der Waals surface area contributed by atoms with Gasteiger partial charge in [-0.1, -0.05) is 17.5 Å². The molecule has 2 aromatic heterocycles. The topological polar surface area (TPSA) is 98.1 Å². The Kier molecular flexibility index (Phi) is 7.76. The van der Waals surface area contributed by atoms with Crippen molar-refractivity contribution in [2.75, 3.05) is 48.7 Å². The van der Waals surface area contributed by atoms with Gasteiger partial charge in [-0.3, -0.25) is 4.79 Å². The number of piperidine rings is 1. The second-order valence-corrected chi connectivity index (χ2v) is 10.6. The summed E-state index contributed by atoms with van der Waals surface area (Å²) in [5, 5.41) is 5.41. The Morgan fingerprint density at radius 1 is 1.22 bits per heavy atom. The van der Waals surface area contributed by atoms with E-state index in [-0.39, 0.29) is 11.9 Å². The van der Waals surface area contributed by atoms with Crippen LogP contribution in [0.1, 0.15) is 54.0 Å². The monoisotopic (exact) mass is 540 g/mol. The van der Waals surface area contributed by atoms with Crippen molar-refractivity contribution in [1.82, 2.24) is 19.5 Å². The van der Waals surface area contributed by atoms with Crippen LogP contribution in [-0.4, -0.2) is 69.1 Å². The summed E-state index contributed by atoms with van der Waals surface area (Å²) in [5.41, 5.74) is 3.05. The number of carbonyl (C=O) groups excluding carboxylic acids is 1. The number of nitrogens with zero attached hydrogens (tertiary/aromatic N) is 5. The zero-order chi connectivity index (χ0) is 25.9. The van der Waals surface area contributed by atoms with Gasteiger partial charge in [0.15, 0.2) is 5.65 Å². The molecule has 1 unspecified atom stereocenters. The average molecular weight is 541 g/mol. The van der Waals surface area contributed by atoms with E-state index in [1.807, 2.05) is 21.5 Å². The van der Waals surface area contributed by atoms with Crippen LogP contribution in [0.15, 0.2) is 30.3 Å². The van der Waals surface area contributed by atoms with Gasteiger partial charge in [-0.15, -0.1) is 0 Å². The molecule has 1 amide bonds. The molecule has 4 heterocycles. The molecule has 0 aliphatic carbocycles. The quantitative estimate of drug-likeness (QED) is 0.389. The van der Waals surface area contributed by atoms with Gasteiger partial charge in [0.25, 0.3) is 5.91 Å². The second kappa shape index (κ2) is 11.2. The molecule has 2 aliphatic rings. The lowest BCUT2D eigenvalue weighted by Gasteiger charge is -2.35. The van der Waals surface area contributed by atoms with Crippen molar-refractivity contribution in [3.05, 3.63) is 52.3 Å². The van der Waals surface area contributed by atoms with Crippen LogP contribution in [0, 0.1) is 11.8 Å². The van der Waals surface area contributed by atoms with E-state index in [0.29, 0.717) is 47.4 Å². The third-order valence-corrected chi connectivity index (χ3v) is 7.33. The Bertz CT molecular complexity index is 1360. The van der Waals surface area contributed by atoms with Crippen LogP contribution in [0.3, 0.4) is 0 Å². The maximum atomic E-state index is 13.8.